The van der Waals surface area contributed by atoms with Crippen LogP contribution in [0.5, 0.6) is 0 Å². The lowest BCUT2D eigenvalue weighted by molar-refractivity contribution is 0.453. The SMILES string of the molecule is C/C(=N\N)C(C)(C)NCCCNC(C)(C)/C(C)=N/N. The highest BCUT2D eigenvalue weighted by Crippen LogP contribution is 2.06. The average molecular weight is 270 g/mol. The number of nitrogens with zero attached hydrogens (tertiary/aromatic N) is 2. The minimum atomic E-state index is -0.168. The fourth-order valence-electron chi connectivity index (χ4n) is 1.47. The first kappa shape index (κ1) is 17.9. The first-order valence-corrected chi connectivity index (χ1v) is 6.67. The first-order chi connectivity index (χ1) is 8.67. The Morgan fingerprint density at radius 2 is 1.16 bits per heavy atom. The molecule has 0 unspecified atom stereocenters. The Morgan fingerprint density at radius 1 is 0.842 bits per heavy atom. The molecule has 0 heterocycles. The maximum atomic E-state index is 5.30. The summed E-state index contributed by atoms with van der Waals surface area (Å²) in [5, 5.41) is 14.3. The molecule has 0 aromatic rings. The van der Waals surface area contributed by atoms with E-state index in [2.05, 4.69) is 48.5 Å². The van der Waals surface area contributed by atoms with Gasteiger partial charge in [0.05, 0.1) is 22.5 Å². The van der Waals surface area contributed by atoms with Gasteiger partial charge in [0.25, 0.3) is 0 Å². The van der Waals surface area contributed by atoms with Crippen LogP contribution in [-0.4, -0.2) is 35.6 Å². The monoisotopic (exact) mass is 270 g/mol. The molecule has 0 radical (unpaired) electrons. The third kappa shape index (κ3) is 6.02. The van der Waals surface area contributed by atoms with E-state index < -0.39 is 0 Å². The quantitative estimate of drug-likeness (QED) is 0.227. The third-order valence-corrected chi connectivity index (χ3v) is 3.68. The van der Waals surface area contributed by atoms with Gasteiger partial charge in [0.2, 0.25) is 0 Å². The second kappa shape index (κ2) is 7.45. The van der Waals surface area contributed by atoms with Crippen LogP contribution in [-0.2, 0) is 0 Å². The Bertz CT molecular complexity index is 298. The molecule has 0 aromatic carbocycles. The van der Waals surface area contributed by atoms with Gasteiger partial charge in [-0.1, -0.05) is 0 Å². The van der Waals surface area contributed by atoms with Gasteiger partial charge in [0.15, 0.2) is 0 Å². The summed E-state index contributed by atoms with van der Waals surface area (Å²) in [7, 11) is 0. The van der Waals surface area contributed by atoms with Crippen LogP contribution < -0.4 is 22.3 Å². The molecule has 0 aromatic heterocycles. The van der Waals surface area contributed by atoms with Crippen LogP contribution in [0.1, 0.15) is 48.0 Å². The molecule has 0 amide bonds. The molecule has 0 aliphatic heterocycles. The van der Waals surface area contributed by atoms with Crippen LogP contribution in [0.4, 0.5) is 0 Å². The molecule has 0 saturated heterocycles. The number of hydrogen-bond acceptors (Lipinski definition) is 6. The van der Waals surface area contributed by atoms with Gasteiger partial charge in [-0.2, -0.15) is 10.2 Å². The van der Waals surface area contributed by atoms with Crippen molar-refractivity contribution in [2.45, 2.75) is 59.0 Å². The van der Waals surface area contributed by atoms with Gasteiger partial charge < -0.3 is 22.3 Å². The molecule has 6 N–H and O–H groups in total. The van der Waals surface area contributed by atoms with Gasteiger partial charge in [0.1, 0.15) is 0 Å². The molecule has 0 bridgehead atoms. The summed E-state index contributed by atoms with van der Waals surface area (Å²) >= 11 is 0. The summed E-state index contributed by atoms with van der Waals surface area (Å²) in [4.78, 5) is 0. The fourth-order valence-corrected chi connectivity index (χ4v) is 1.47. The van der Waals surface area contributed by atoms with Gasteiger partial charge >= 0.3 is 0 Å². The predicted octanol–water partition coefficient (Wildman–Crippen LogP) is 0.782. The number of hydrazone groups is 2. The molecule has 0 atom stereocenters. The minimum absolute atomic E-state index is 0.168. The standard InChI is InChI=1S/C13H30N6/c1-10(18-14)12(3,4)16-8-7-9-17-13(5,6)11(2)19-15/h16-17H,7-9,14-15H2,1-6H3/b18-10+,19-11+. The summed E-state index contributed by atoms with van der Waals surface area (Å²) < 4.78 is 0. The molecule has 0 aliphatic carbocycles. The topological polar surface area (TPSA) is 101 Å². The van der Waals surface area contributed by atoms with Gasteiger partial charge in [-0.05, 0) is 61.1 Å². The third-order valence-electron chi connectivity index (χ3n) is 3.68. The van der Waals surface area contributed by atoms with Crippen LogP contribution in [0, 0.1) is 0 Å². The average Bonchev–Trinajstić information content (AvgIpc) is 2.35. The van der Waals surface area contributed by atoms with Crippen LogP contribution in [0.15, 0.2) is 10.2 Å². The highest BCUT2D eigenvalue weighted by molar-refractivity contribution is 5.90. The predicted molar refractivity (Wildman–Crippen MR) is 83.4 cm³/mol. The first-order valence-electron chi connectivity index (χ1n) is 6.67. The van der Waals surface area contributed by atoms with Crippen LogP contribution in [0.2, 0.25) is 0 Å². The van der Waals surface area contributed by atoms with Crippen molar-refractivity contribution in [2.24, 2.45) is 21.9 Å². The van der Waals surface area contributed by atoms with E-state index in [9.17, 15) is 0 Å². The molecule has 6 heteroatoms. The van der Waals surface area contributed by atoms with Crippen LogP contribution in [0.25, 0.3) is 0 Å². The lowest BCUT2D eigenvalue weighted by Gasteiger charge is -2.28. The molecule has 0 saturated carbocycles. The van der Waals surface area contributed by atoms with E-state index in [4.69, 9.17) is 11.7 Å². The lowest BCUT2D eigenvalue weighted by Crippen LogP contribution is -2.49. The summed E-state index contributed by atoms with van der Waals surface area (Å²) in [5.41, 5.74) is 1.46. The van der Waals surface area contributed by atoms with E-state index in [1.807, 2.05) is 13.8 Å². The van der Waals surface area contributed by atoms with Crippen LogP contribution >= 0.6 is 0 Å². The van der Waals surface area contributed by atoms with Crippen molar-refractivity contribution < 1.29 is 0 Å². The van der Waals surface area contributed by atoms with Crippen LogP contribution in [0.3, 0.4) is 0 Å². The molecule has 0 fully saturated rings. The zero-order valence-electron chi connectivity index (χ0n) is 13.2. The summed E-state index contributed by atoms with van der Waals surface area (Å²) in [6.07, 6.45) is 1.00. The highest BCUT2D eigenvalue weighted by atomic mass is 15.2. The summed E-state index contributed by atoms with van der Waals surface area (Å²) in [5.74, 6) is 10.6. The fraction of sp³-hybridized carbons (Fsp3) is 0.846. The van der Waals surface area contributed by atoms with Crippen molar-refractivity contribution in [3.8, 4) is 0 Å². The summed E-state index contributed by atoms with van der Waals surface area (Å²) in [6.45, 7) is 13.9. The molecule has 6 nitrogen and oxygen atoms in total. The van der Waals surface area contributed by atoms with Crippen molar-refractivity contribution in [1.82, 2.24) is 10.6 Å². The zero-order chi connectivity index (χ0) is 15.1. The van der Waals surface area contributed by atoms with Gasteiger partial charge in [-0.15, -0.1) is 0 Å². The van der Waals surface area contributed by atoms with E-state index in [0.717, 1.165) is 30.9 Å². The largest absolute Gasteiger partial charge is 0.323 e. The highest BCUT2D eigenvalue weighted by Gasteiger charge is 2.22. The van der Waals surface area contributed by atoms with E-state index in [-0.39, 0.29) is 11.1 Å². The van der Waals surface area contributed by atoms with E-state index >= 15 is 0 Å². The molecule has 0 rings (SSSR count). The van der Waals surface area contributed by atoms with Crippen molar-refractivity contribution in [2.75, 3.05) is 13.1 Å². The number of hydrogen-bond donors (Lipinski definition) is 4. The smallest absolute Gasteiger partial charge is 0.0539 e. The van der Waals surface area contributed by atoms with Gasteiger partial charge in [-0.25, -0.2) is 0 Å². The Labute approximate surface area is 117 Å². The molecular formula is C13H30N6. The van der Waals surface area contributed by atoms with Crippen molar-refractivity contribution in [3.63, 3.8) is 0 Å². The minimum Gasteiger partial charge on any atom is -0.323 e. The zero-order valence-corrected chi connectivity index (χ0v) is 13.2. The Morgan fingerprint density at radius 3 is 1.42 bits per heavy atom. The van der Waals surface area contributed by atoms with Crippen molar-refractivity contribution >= 4 is 11.4 Å². The second-order valence-electron chi connectivity index (χ2n) is 5.89. The Hall–Kier alpha value is -1.14. The number of nitrogens with one attached hydrogen (secondary N) is 2. The lowest BCUT2D eigenvalue weighted by atomic mass is 9.99. The molecule has 19 heavy (non-hydrogen) atoms. The Kier molecular flexibility index (Phi) is 7.00. The van der Waals surface area contributed by atoms with Gasteiger partial charge in [0, 0.05) is 0 Å². The number of nitrogens with two attached hydrogens (primary N) is 2. The maximum Gasteiger partial charge on any atom is 0.0539 e. The van der Waals surface area contributed by atoms with E-state index in [1.165, 1.54) is 0 Å². The molecule has 0 aliphatic rings. The molecule has 112 valence electrons. The van der Waals surface area contributed by atoms with E-state index in [0.29, 0.717) is 0 Å². The number of rotatable bonds is 8. The van der Waals surface area contributed by atoms with Gasteiger partial charge in [-0.3, -0.25) is 0 Å². The van der Waals surface area contributed by atoms with Crippen molar-refractivity contribution in [3.05, 3.63) is 0 Å². The normalized spacial score (nSPS) is 14.8. The van der Waals surface area contributed by atoms with E-state index in [1.54, 1.807) is 0 Å². The summed E-state index contributed by atoms with van der Waals surface area (Å²) in [6, 6.07) is 0. The molecule has 0 spiro atoms. The molecular weight excluding hydrogens is 240 g/mol. The maximum absolute atomic E-state index is 5.30. The Balaban J connectivity index is 4.02. The van der Waals surface area contributed by atoms with Crippen molar-refractivity contribution in [1.29, 1.82) is 0 Å². The second-order valence-corrected chi connectivity index (χ2v) is 5.89.